The van der Waals surface area contributed by atoms with Gasteiger partial charge in [-0.2, -0.15) is 0 Å². The third-order valence-electron chi connectivity index (χ3n) is 6.27. The first-order chi connectivity index (χ1) is 17.5. The highest BCUT2D eigenvalue weighted by atomic mass is 35.5. The van der Waals surface area contributed by atoms with Crippen LogP contribution in [0, 0.1) is 5.92 Å². The number of carbonyl (C=O) groups is 2. The summed E-state index contributed by atoms with van der Waals surface area (Å²) in [6.45, 7) is 9.07. The number of amides is 3. The molecule has 3 rings (SSSR count). The number of benzene rings is 2. The number of rotatable bonds is 8. The number of hydrogen-bond acceptors (Lipinski definition) is 5. The highest BCUT2D eigenvalue weighted by Crippen LogP contribution is 2.31. The van der Waals surface area contributed by atoms with Crippen molar-refractivity contribution in [3.8, 4) is 5.75 Å². The molecule has 0 radical (unpaired) electrons. The van der Waals surface area contributed by atoms with Crippen molar-refractivity contribution in [1.82, 2.24) is 15.1 Å². The Morgan fingerprint density at radius 1 is 1.19 bits per heavy atom. The lowest BCUT2D eigenvalue weighted by Crippen LogP contribution is -2.49. The fraction of sp³-hybridized carbons (Fsp3) is 0.481. The van der Waals surface area contributed by atoms with Gasteiger partial charge in [0, 0.05) is 37.3 Å². The molecule has 202 valence electrons. The van der Waals surface area contributed by atoms with Crippen LogP contribution in [0.1, 0.15) is 43.6 Å². The summed E-state index contributed by atoms with van der Waals surface area (Å²) in [5.41, 5.74) is 1.84. The van der Waals surface area contributed by atoms with Gasteiger partial charge in [0.1, 0.15) is 11.9 Å². The molecule has 3 atom stereocenters. The smallest absolute Gasteiger partial charge is 0.319 e. The Bertz CT molecular complexity index is 1110. The van der Waals surface area contributed by atoms with Gasteiger partial charge in [-0.05, 0) is 63.7 Å². The normalized spacial score (nSPS) is 18.6. The maximum absolute atomic E-state index is 13.6. The number of urea groups is 1. The standard InChI is InChI=1S/C27H36Cl2N4O4/c1-16(2)30-27(36)31-20-7-9-24-21(11-20)26(35)33(18(4)15-34)12-17(3)25(37-24)14-32(5)13-19-6-8-22(28)23(29)10-19/h6-11,16-18,25,34H,12-15H2,1-5H3,(H2,30,31,36)/t17-,18+,25+/m1/s1. The Morgan fingerprint density at radius 2 is 1.92 bits per heavy atom. The Hall–Kier alpha value is -2.52. The summed E-state index contributed by atoms with van der Waals surface area (Å²) < 4.78 is 6.43. The molecule has 3 amide bonds. The summed E-state index contributed by atoms with van der Waals surface area (Å²) in [5.74, 6) is 0.172. The van der Waals surface area contributed by atoms with E-state index in [-0.39, 0.29) is 42.7 Å². The van der Waals surface area contributed by atoms with Crippen molar-refractivity contribution in [3.63, 3.8) is 0 Å². The predicted octanol–water partition coefficient (Wildman–Crippen LogP) is 4.88. The molecule has 1 heterocycles. The number of likely N-dealkylation sites (N-methyl/N-ethyl adjacent to an activating group) is 1. The minimum Gasteiger partial charge on any atom is -0.488 e. The van der Waals surface area contributed by atoms with Gasteiger partial charge in [-0.3, -0.25) is 9.69 Å². The van der Waals surface area contributed by atoms with E-state index in [2.05, 4.69) is 15.5 Å². The van der Waals surface area contributed by atoms with Crippen molar-refractivity contribution in [1.29, 1.82) is 0 Å². The van der Waals surface area contributed by atoms with Crippen LogP contribution in [0.3, 0.4) is 0 Å². The van der Waals surface area contributed by atoms with Crippen LogP contribution in [-0.4, -0.2) is 71.8 Å². The van der Waals surface area contributed by atoms with Crippen LogP contribution in [0.2, 0.25) is 10.0 Å². The number of ether oxygens (including phenoxy) is 1. The number of hydrogen-bond donors (Lipinski definition) is 3. The number of aliphatic hydroxyl groups excluding tert-OH is 1. The first-order valence-electron chi connectivity index (χ1n) is 12.4. The van der Waals surface area contributed by atoms with Crippen molar-refractivity contribution >= 4 is 40.8 Å². The van der Waals surface area contributed by atoms with Crippen molar-refractivity contribution in [2.24, 2.45) is 5.92 Å². The van der Waals surface area contributed by atoms with E-state index >= 15 is 0 Å². The average Bonchev–Trinajstić information content (AvgIpc) is 2.83. The fourth-order valence-corrected chi connectivity index (χ4v) is 4.59. The van der Waals surface area contributed by atoms with Crippen LogP contribution in [0.5, 0.6) is 5.75 Å². The minimum atomic E-state index is -0.378. The Labute approximate surface area is 228 Å². The molecular formula is C27H36Cl2N4O4. The molecule has 0 fully saturated rings. The fourth-order valence-electron chi connectivity index (χ4n) is 4.27. The summed E-state index contributed by atoms with van der Waals surface area (Å²) in [5, 5.41) is 16.4. The summed E-state index contributed by atoms with van der Waals surface area (Å²) in [7, 11) is 2.00. The lowest BCUT2D eigenvalue weighted by atomic mass is 9.99. The second-order valence-electron chi connectivity index (χ2n) is 10.0. The largest absolute Gasteiger partial charge is 0.488 e. The van der Waals surface area contributed by atoms with E-state index in [1.165, 1.54) is 0 Å². The molecule has 0 spiro atoms. The van der Waals surface area contributed by atoms with Crippen molar-refractivity contribution in [2.75, 3.05) is 32.1 Å². The van der Waals surface area contributed by atoms with E-state index in [9.17, 15) is 14.7 Å². The van der Waals surface area contributed by atoms with Crippen LogP contribution >= 0.6 is 23.2 Å². The second-order valence-corrected chi connectivity index (χ2v) is 10.8. The van der Waals surface area contributed by atoms with Crippen LogP contribution in [0.15, 0.2) is 36.4 Å². The van der Waals surface area contributed by atoms with Crippen LogP contribution in [0.25, 0.3) is 0 Å². The highest BCUT2D eigenvalue weighted by Gasteiger charge is 2.33. The average molecular weight is 552 g/mol. The third-order valence-corrected chi connectivity index (χ3v) is 7.01. The van der Waals surface area contributed by atoms with Crippen LogP contribution in [0.4, 0.5) is 10.5 Å². The van der Waals surface area contributed by atoms with Gasteiger partial charge >= 0.3 is 6.03 Å². The first kappa shape index (κ1) is 29.0. The number of nitrogens with one attached hydrogen (secondary N) is 2. The number of fused-ring (bicyclic) bond motifs is 1. The molecule has 0 aliphatic carbocycles. The van der Waals surface area contributed by atoms with Gasteiger partial charge in [-0.25, -0.2) is 4.79 Å². The predicted molar refractivity (Wildman–Crippen MR) is 148 cm³/mol. The summed E-state index contributed by atoms with van der Waals surface area (Å²) in [4.78, 5) is 29.6. The molecule has 3 N–H and O–H groups in total. The molecule has 0 saturated heterocycles. The van der Waals surface area contributed by atoms with E-state index < -0.39 is 0 Å². The zero-order valence-corrected chi connectivity index (χ0v) is 23.4. The topological polar surface area (TPSA) is 94.1 Å². The second kappa shape index (κ2) is 12.8. The van der Waals surface area contributed by atoms with Gasteiger partial charge in [0.25, 0.3) is 5.91 Å². The van der Waals surface area contributed by atoms with Crippen molar-refractivity contribution in [3.05, 3.63) is 57.6 Å². The molecule has 0 unspecified atom stereocenters. The molecule has 8 nitrogen and oxygen atoms in total. The zero-order chi connectivity index (χ0) is 27.3. The maximum Gasteiger partial charge on any atom is 0.319 e. The quantitative estimate of drug-likeness (QED) is 0.435. The number of aliphatic hydroxyl groups is 1. The summed E-state index contributed by atoms with van der Waals surface area (Å²) in [6.07, 6.45) is -0.240. The summed E-state index contributed by atoms with van der Waals surface area (Å²) in [6, 6.07) is 9.87. The van der Waals surface area contributed by atoms with E-state index in [4.69, 9.17) is 27.9 Å². The third kappa shape index (κ3) is 7.74. The molecule has 2 aromatic rings. The summed E-state index contributed by atoms with van der Waals surface area (Å²) >= 11 is 12.2. The number of carbonyl (C=O) groups excluding carboxylic acids is 2. The molecular weight excluding hydrogens is 515 g/mol. The molecule has 2 aromatic carbocycles. The van der Waals surface area contributed by atoms with E-state index in [0.29, 0.717) is 46.7 Å². The highest BCUT2D eigenvalue weighted by molar-refractivity contribution is 6.42. The molecule has 10 heteroatoms. The number of nitrogens with zero attached hydrogens (tertiary/aromatic N) is 2. The van der Waals surface area contributed by atoms with Gasteiger partial charge in [-0.1, -0.05) is 36.2 Å². The van der Waals surface area contributed by atoms with Gasteiger partial charge in [-0.15, -0.1) is 0 Å². The van der Waals surface area contributed by atoms with Crippen molar-refractivity contribution in [2.45, 2.75) is 52.4 Å². The molecule has 1 aliphatic heterocycles. The van der Waals surface area contributed by atoms with Gasteiger partial charge < -0.3 is 25.4 Å². The zero-order valence-electron chi connectivity index (χ0n) is 21.9. The lowest BCUT2D eigenvalue weighted by molar-refractivity contribution is 0.0341. The number of anilines is 1. The lowest BCUT2D eigenvalue weighted by Gasteiger charge is -2.38. The monoisotopic (exact) mass is 550 g/mol. The van der Waals surface area contributed by atoms with Gasteiger partial charge in [0.15, 0.2) is 0 Å². The van der Waals surface area contributed by atoms with Crippen LogP contribution in [-0.2, 0) is 6.54 Å². The molecule has 0 aromatic heterocycles. The molecule has 37 heavy (non-hydrogen) atoms. The Balaban J connectivity index is 1.87. The molecule has 0 bridgehead atoms. The van der Waals surface area contributed by atoms with E-state index in [1.54, 1.807) is 29.2 Å². The van der Waals surface area contributed by atoms with Gasteiger partial charge in [0.2, 0.25) is 0 Å². The minimum absolute atomic E-state index is 0.0167. The Kier molecular flexibility index (Phi) is 10.1. The molecule has 1 aliphatic rings. The van der Waals surface area contributed by atoms with Crippen molar-refractivity contribution < 1.29 is 19.4 Å². The number of halogens is 2. The van der Waals surface area contributed by atoms with E-state index in [0.717, 1.165) is 5.56 Å². The van der Waals surface area contributed by atoms with Crippen LogP contribution < -0.4 is 15.4 Å². The molecule has 0 saturated carbocycles. The maximum atomic E-state index is 13.6. The van der Waals surface area contributed by atoms with E-state index in [1.807, 2.05) is 46.9 Å². The SMILES string of the molecule is CC(C)NC(=O)Nc1ccc2c(c1)C(=O)N([C@@H](C)CO)C[C@@H](C)[C@H](CN(C)Cc1ccc(Cl)c(Cl)c1)O2. The van der Waals surface area contributed by atoms with Gasteiger partial charge in [0.05, 0.1) is 28.3 Å². The first-order valence-corrected chi connectivity index (χ1v) is 13.2. The Morgan fingerprint density at radius 3 is 2.57 bits per heavy atom.